The van der Waals surface area contributed by atoms with Crippen molar-refractivity contribution >= 4 is 5.97 Å². The fourth-order valence-corrected chi connectivity index (χ4v) is 7.32. The smallest absolute Gasteiger partial charge is 0.305 e. The van der Waals surface area contributed by atoms with Crippen molar-refractivity contribution in [3.8, 4) is 0 Å². The Morgan fingerprint density at radius 1 is 1.26 bits per heavy atom. The van der Waals surface area contributed by atoms with Crippen molar-refractivity contribution in [2.24, 2.45) is 35.0 Å². The number of aliphatic hydroxyl groups is 1. The molecule has 0 spiro atoms. The molecule has 0 bridgehead atoms. The first-order valence-electron chi connectivity index (χ1n) is 13.2. The van der Waals surface area contributed by atoms with E-state index >= 15 is 0 Å². The molecular formula is C28H48O3. The predicted molar refractivity (Wildman–Crippen MR) is 128 cm³/mol. The molecule has 0 saturated heterocycles. The van der Waals surface area contributed by atoms with Gasteiger partial charge >= 0.3 is 5.97 Å². The summed E-state index contributed by atoms with van der Waals surface area (Å²) in [5.41, 5.74) is 1.40. The van der Waals surface area contributed by atoms with Crippen LogP contribution in [0.5, 0.6) is 0 Å². The summed E-state index contributed by atoms with van der Waals surface area (Å²) < 4.78 is 4.81. The molecule has 0 unspecified atom stereocenters. The van der Waals surface area contributed by atoms with E-state index in [1.807, 2.05) is 0 Å². The van der Waals surface area contributed by atoms with E-state index < -0.39 is 5.60 Å². The zero-order chi connectivity index (χ0) is 22.6. The molecule has 178 valence electrons. The number of ether oxygens (including phenoxy) is 1. The number of methoxy groups -OCH3 is 1. The lowest BCUT2D eigenvalue weighted by atomic mass is 9.52. The molecule has 3 aliphatic carbocycles. The normalized spacial score (nSPS) is 39.7. The van der Waals surface area contributed by atoms with Crippen LogP contribution in [-0.2, 0) is 9.53 Å². The lowest BCUT2D eigenvalue weighted by Gasteiger charge is -2.54. The summed E-state index contributed by atoms with van der Waals surface area (Å²) in [5.74, 6) is 3.76. The largest absolute Gasteiger partial charge is 0.469 e. The van der Waals surface area contributed by atoms with Crippen molar-refractivity contribution in [3.63, 3.8) is 0 Å². The topological polar surface area (TPSA) is 46.5 Å². The van der Waals surface area contributed by atoms with Crippen molar-refractivity contribution < 1.29 is 14.6 Å². The third-order valence-corrected chi connectivity index (χ3v) is 9.88. The molecule has 0 aliphatic heterocycles. The Balaban J connectivity index is 1.65. The van der Waals surface area contributed by atoms with E-state index in [1.54, 1.807) is 5.57 Å². The fourth-order valence-electron chi connectivity index (χ4n) is 7.32. The van der Waals surface area contributed by atoms with Crippen molar-refractivity contribution in [2.75, 3.05) is 7.11 Å². The van der Waals surface area contributed by atoms with Gasteiger partial charge in [-0.15, -0.1) is 0 Å². The van der Waals surface area contributed by atoms with Crippen LogP contribution >= 0.6 is 0 Å². The van der Waals surface area contributed by atoms with Crippen molar-refractivity contribution in [1.29, 1.82) is 0 Å². The molecule has 0 aromatic rings. The van der Waals surface area contributed by atoms with Crippen LogP contribution in [0.2, 0.25) is 0 Å². The number of hydrogen-bond acceptors (Lipinski definition) is 3. The van der Waals surface area contributed by atoms with Crippen LogP contribution in [0, 0.1) is 35.0 Å². The summed E-state index contributed by atoms with van der Waals surface area (Å²) in [6, 6.07) is 0. The van der Waals surface area contributed by atoms with Crippen LogP contribution < -0.4 is 0 Å². The van der Waals surface area contributed by atoms with Gasteiger partial charge in [-0.2, -0.15) is 0 Å². The highest BCUT2D eigenvalue weighted by molar-refractivity contribution is 5.68. The van der Waals surface area contributed by atoms with Gasteiger partial charge in [0.05, 0.1) is 12.7 Å². The summed E-state index contributed by atoms with van der Waals surface area (Å²) in [6.45, 7) is 9.59. The van der Waals surface area contributed by atoms with Crippen LogP contribution in [0.1, 0.15) is 111 Å². The first kappa shape index (κ1) is 24.8. The van der Waals surface area contributed by atoms with E-state index in [1.165, 1.54) is 45.6 Å². The molecule has 0 aromatic heterocycles. The SMILES string of the molecule is CC[C@]1(O)CC[C@@]2(C)C(=CC[C@H]3[C@@H](C)CC[C@H]([C@H](C)CCCC(=O)OC)CCC[C@@H]32)C1. The quantitative estimate of drug-likeness (QED) is 0.360. The van der Waals surface area contributed by atoms with E-state index in [2.05, 4.69) is 33.8 Å². The zero-order valence-corrected chi connectivity index (χ0v) is 20.9. The Bertz CT molecular complexity index is 640. The number of carbonyl (C=O) groups excluding carboxylic acids is 1. The molecule has 3 heteroatoms. The van der Waals surface area contributed by atoms with Crippen LogP contribution in [0.25, 0.3) is 0 Å². The monoisotopic (exact) mass is 432 g/mol. The summed E-state index contributed by atoms with van der Waals surface area (Å²) in [5, 5.41) is 11.0. The standard InChI is InChI=1S/C28H48O3/c1-6-28(30)18-17-27(4)23(19-28)15-16-24-21(3)13-14-22(10-8-11-25(24)27)20(2)9-7-12-26(29)31-5/h15,20-22,24-25,30H,6-14,16-19H2,1-5H3/t20-,21+,22-,24+,25+,27+,28+/m1/s1. The number of esters is 1. The Morgan fingerprint density at radius 3 is 2.74 bits per heavy atom. The molecule has 0 amide bonds. The van der Waals surface area contributed by atoms with Crippen molar-refractivity contribution in [2.45, 2.75) is 117 Å². The molecule has 0 heterocycles. The summed E-state index contributed by atoms with van der Waals surface area (Å²) >= 11 is 0. The fraction of sp³-hybridized carbons (Fsp3) is 0.893. The van der Waals surface area contributed by atoms with E-state index in [4.69, 9.17) is 4.74 Å². The minimum absolute atomic E-state index is 0.0710. The summed E-state index contributed by atoms with van der Waals surface area (Å²) in [6.07, 6.45) is 17.0. The lowest BCUT2D eigenvalue weighted by molar-refractivity contribution is -0.140. The van der Waals surface area contributed by atoms with E-state index in [0.717, 1.165) is 62.2 Å². The van der Waals surface area contributed by atoms with Gasteiger partial charge in [0.2, 0.25) is 0 Å². The van der Waals surface area contributed by atoms with Gasteiger partial charge in [0, 0.05) is 6.42 Å². The molecule has 0 aromatic carbocycles. The van der Waals surface area contributed by atoms with Crippen LogP contribution in [0.4, 0.5) is 0 Å². The lowest BCUT2D eigenvalue weighted by Crippen LogP contribution is -2.47. The van der Waals surface area contributed by atoms with Crippen molar-refractivity contribution in [3.05, 3.63) is 11.6 Å². The van der Waals surface area contributed by atoms with Gasteiger partial charge in [-0.1, -0.05) is 58.6 Å². The summed E-state index contributed by atoms with van der Waals surface area (Å²) in [4.78, 5) is 11.5. The van der Waals surface area contributed by atoms with Gasteiger partial charge in [-0.25, -0.2) is 0 Å². The molecule has 2 fully saturated rings. The second-order valence-corrected chi connectivity index (χ2v) is 11.6. The molecule has 1 N–H and O–H groups in total. The Morgan fingerprint density at radius 2 is 2.03 bits per heavy atom. The average molecular weight is 433 g/mol. The third kappa shape index (κ3) is 5.57. The van der Waals surface area contributed by atoms with Gasteiger partial charge < -0.3 is 9.84 Å². The van der Waals surface area contributed by atoms with Gasteiger partial charge in [0.1, 0.15) is 0 Å². The molecule has 31 heavy (non-hydrogen) atoms. The van der Waals surface area contributed by atoms with Crippen LogP contribution in [-0.4, -0.2) is 23.8 Å². The second kappa shape index (κ2) is 10.4. The maximum Gasteiger partial charge on any atom is 0.305 e. The Labute approximate surface area is 191 Å². The van der Waals surface area contributed by atoms with E-state index in [9.17, 15) is 9.90 Å². The third-order valence-electron chi connectivity index (χ3n) is 9.88. The molecule has 3 rings (SSSR count). The molecule has 3 aliphatic rings. The van der Waals surface area contributed by atoms with E-state index in [-0.39, 0.29) is 5.97 Å². The molecular weight excluding hydrogens is 384 g/mol. The van der Waals surface area contributed by atoms with E-state index in [0.29, 0.717) is 17.8 Å². The summed E-state index contributed by atoms with van der Waals surface area (Å²) in [7, 11) is 1.49. The number of carbonyl (C=O) groups is 1. The number of hydrogen-bond donors (Lipinski definition) is 1. The molecule has 0 radical (unpaired) electrons. The van der Waals surface area contributed by atoms with Gasteiger partial charge in [-0.3, -0.25) is 4.79 Å². The first-order chi connectivity index (χ1) is 14.7. The second-order valence-electron chi connectivity index (χ2n) is 11.6. The van der Waals surface area contributed by atoms with Crippen molar-refractivity contribution in [1.82, 2.24) is 0 Å². The number of fused-ring (bicyclic) bond motifs is 3. The highest BCUT2D eigenvalue weighted by Crippen LogP contribution is 2.58. The van der Waals surface area contributed by atoms with Gasteiger partial charge in [0.25, 0.3) is 0 Å². The van der Waals surface area contributed by atoms with Gasteiger partial charge in [-0.05, 0) is 92.8 Å². The highest BCUT2D eigenvalue weighted by atomic mass is 16.5. The minimum Gasteiger partial charge on any atom is -0.469 e. The minimum atomic E-state index is -0.465. The molecule has 2 saturated carbocycles. The first-order valence-corrected chi connectivity index (χ1v) is 13.2. The number of rotatable bonds is 6. The number of allylic oxidation sites excluding steroid dienone is 1. The van der Waals surface area contributed by atoms with Crippen LogP contribution in [0.3, 0.4) is 0 Å². The van der Waals surface area contributed by atoms with Crippen LogP contribution in [0.15, 0.2) is 11.6 Å². The molecule has 3 nitrogen and oxygen atoms in total. The molecule has 7 atom stereocenters. The maximum atomic E-state index is 11.5. The maximum absolute atomic E-state index is 11.5. The zero-order valence-electron chi connectivity index (χ0n) is 20.9. The Kier molecular flexibility index (Phi) is 8.32. The average Bonchev–Trinajstić information content (AvgIpc) is 2.84. The van der Waals surface area contributed by atoms with Gasteiger partial charge in [0.15, 0.2) is 0 Å². The highest BCUT2D eigenvalue weighted by Gasteiger charge is 2.50. The Hall–Kier alpha value is -0.830. The predicted octanol–water partition coefficient (Wildman–Crippen LogP) is 7.08.